The Morgan fingerprint density at radius 2 is 2.06 bits per heavy atom. The average molecular weight is 348 g/mol. The van der Waals surface area contributed by atoms with Gasteiger partial charge in [0.05, 0.1) is 10.7 Å². The van der Waals surface area contributed by atoms with E-state index in [0.717, 1.165) is 9.13 Å². The Hall–Kier alpha value is -0.950. The summed E-state index contributed by atoms with van der Waals surface area (Å²) in [6.07, 6.45) is 3.33. The van der Waals surface area contributed by atoms with E-state index in [9.17, 15) is 0 Å². The van der Waals surface area contributed by atoms with Gasteiger partial charge in [0.25, 0.3) is 0 Å². The van der Waals surface area contributed by atoms with Gasteiger partial charge in [-0.2, -0.15) is 0 Å². The third-order valence-electron chi connectivity index (χ3n) is 1.90. The molecule has 4 nitrogen and oxygen atoms in total. The summed E-state index contributed by atoms with van der Waals surface area (Å²) in [6, 6.07) is 3.59. The molecule has 0 unspecified atom stereocenters. The first kappa shape index (κ1) is 11.5. The lowest BCUT2D eigenvalue weighted by atomic mass is 10.2. The smallest absolute Gasteiger partial charge is 0.212 e. The fourth-order valence-corrected chi connectivity index (χ4v) is 1.51. The number of halogens is 2. The molecule has 0 aliphatic heterocycles. The number of aromatic nitrogens is 3. The van der Waals surface area contributed by atoms with Gasteiger partial charge in [-0.05, 0) is 28.7 Å². The first-order valence-electron chi connectivity index (χ1n) is 4.39. The van der Waals surface area contributed by atoms with Crippen molar-refractivity contribution in [2.45, 2.75) is 0 Å². The summed E-state index contributed by atoms with van der Waals surface area (Å²) >= 11 is 8.00. The Kier molecular flexibility index (Phi) is 3.55. The molecule has 82 valence electrons. The lowest BCUT2D eigenvalue weighted by Crippen LogP contribution is -1.93. The molecule has 0 bridgehead atoms. The van der Waals surface area contributed by atoms with Gasteiger partial charge in [0.15, 0.2) is 5.82 Å². The van der Waals surface area contributed by atoms with Crippen molar-refractivity contribution in [1.82, 2.24) is 15.0 Å². The Morgan fingerprint density at radius 3 is 2.62 bits per heavy atom. The molecule has 0 aliphatic rings. The second kappa shape index (κ2) is 4.92. The first-order chi connectivity index (χ1) is 7.70. The minimum atomic E-state index is 0.446. The molecule has 2 rings (SSSR count). The van der Waals surface area contributed by atoms with Gasteiger partial charge >= 0.3 is 0 Å². The zero-order chi connectivity index (χ0) is 11.5. The van der Waals surface area contributed by atoms with Crippen LogP contribution >= 0.6 is 34.2 Å². The zero-order valence-electron chi connectivity index (χ0n) is 8.32. The van der Waals surface area contributed by atoms with Gasteiger partial charge < -0.3 is 4.74 Å². The van der Waals surface area contributed by atoms with Crippen molar-refractivity contribution in [3.05, 3.63) is 33.2 Å². The third-order valence-corrected chi connectivity index (χ3v) is 3.30. The van der Waals surface area contributed by atoms with Crippen LogP contribution in [0.15, 0.2) is 24.5 Å². The molecular weight excluding hydrogens is 340 g/mol. The largest absolute Gasteiger partial charge is 0.481 e. The summed E-state index contributed by atoms with van der Waals surface area (Å²) in [5.74, 6) is 1.11. The van der Waals surface area contributed by atoms with Gasteiger partial charge in [-0.15, -0.1) is 0 Å². The number of nitrogens with zero attached hydrogens (tertiary/aromatic N) is 3. The molecule has 2 heterocycles. The van der Waals surface area contributed by atoms with Crippen LogP contribution in [0.4, 0.5) is 0 Å². The van der Waals surface area contributed by atoms with Gasteiger partial charge in [-0.3, -0.25) is 0 Å². The quantitative estimate of drug-likeness (QED) is 0.619. The van der Waals surface area contributed by atoms with Crippen molar-refractivity contribution in [3.8, 4) is 17.3 Å². The summed E-state index contributed by atoms with van der Waals surface area (Å²) in [5, 5.41) is 0.446. The van der Waals surface area contributed by atoms with Gasteiger partial charge in [-0.1, -0.05) is 11.6 Å². The second-order valence-electron chi connectivity index (χ2n) is 2.92. The molecule has 0 spiro atoms. The van der Waals surface area contributed by atoms with Crippen LogP contribution in [-0.4, -0.2) is 22.1 Å². The van der Waals surface area contributed by atoms with Crippen molar-refractivity contribution in [2.24, 2.45) is 0 Å². The van der Waals surface area contributed by atoms with Crippen molar-refractivity contribution in [2.75, 3.05) is 7.11 Å². The van der Waals surface area contributed by atoms with Crippen molar-refractivity contribution < 1.29 is 4.74 Å². The fourth-order valence-electron chi connectivity index (χ4n) is 1.12. The maximum atomic E-state index is 5.92. The molecule has 0 aromatic carbocycles. The summed E-state index contributed by atoms with van der Waals surface area (Å²) in [6.45, 7) is 0. The Labute approximate surface area is 111 Å². The number of hydrogen-bond acceptors (Lipinski definition) is 4. The predicted octanol–water partition coefficient (Wildman–Crippen LogP) is 2.81. The number of pyridine rings is 1. The van der Waals surface area contributed by atoms with Crippen LogP contribution in [0.1, 0.15) is 0 Å². The molecule has 0 radical (unpaired) electrons. The van der Waals surface area contributed by atoms with E-state index in [2.05, 4.69) is 37.5 Å². The molecule has 0 amide bonds. The Morgan fingerprint density at radius 1 is 1.25 bits per heavy atom. The zero-order valence-corrected chi connectivity index (χ0v) is 11.2. The van der Waals surface area contributed by atoms with Gasteiger partial charge in [-0.25, -0.2) is 15.0 Å². The standard InChI is InChI=1S/C10H7ClIN3O/c1-16-8-3-2-6(4-13-8)10-14-5-7(12)9(11)15-10/h2-5H,1H3. The van der Waals surface area contributed by atoms with Crippen molar-refractivity contribution >= 4 is 34.2 Å². The van der Waals surface area contributed by atoms with Crippen molar-refractivity contribution in [3.63, 3.8) is 0 Å². The molecule has 0 fully saturated rings. The molecule has 0 saturated carbocycles. The highest BCUT2D eigenvalue weighted by Crippen LogP contribution is 2.20. The highest BCUT2D eigenvalue weighted by Gasteiger charge is 2.05. The van der Waals surface area contributed by atoms with E-state index in [0.29, 0.717) is 16.9 Å². The second-order valence-corrected chi connectivity index (χ2v) is 4.44. The van der Waals surface area contributed by atoms with E-state index < -0.39 is 0 Å². The molecule has 0 N–H and O–H groups in total. The van der Waals surface area contributed by atoms with Crippen LogP contribution in [0.3, 0.4) is 0 Å². The number of rotatable bonds is 2. The molecule has 2 aromatic rings. The van der Waals surface area contributed by atoms with E-state index in [4.69, 9.17) is 16.3 Å². The normalized spacial score (nSPS) is 10.2. The minimum absolute atomic E-state index is 0.446. The number of ether oxygens (including phenoxy) is 1. The summed E-state index contributed by atoms with van der Waals surface area (Å²) in [5.41, 5.74) is 0.805. The Balaban J connectivity index is 2.38. The molecule has 6 heteroatoms. The highest BCUT2D eigenvalue weighted by atomic mass is 127. The molecule has 0 aliphatic carbocycles. The topological polar surface area (TPSA) is 47.9 Å². The lowest BCUT2D eigenvalue weighted by Gasteiger charge is -2.02. The molecule has 0 saturated heterocycles. The van der Waals surface area contributed by atoms with E-state index in [-0.39, 0.29) is 0 Å². The number of hydrogen-bond donors (Lipinski definition) is 0. The van der Waals surface area contributed by atoms with Crippen molar-refractivity contribution in [1.29, 1.82) is 0 Å². The van der Waals surface area contributed by atoms with E-state index >= 15 is 0 Å². The number of methoxy groups -OCH3 is 1. The highest BCUT2D eigenvalue weighted by molar-refractivity contribution is 14.1. The maximum absolute atomic E-state index is 5.92. The lowest BCUT2D eigenvalue weighted by molar-refractivity contribution is 0.398. The van der Waals surface area contributed by atoms with Gasteiger partial charge in [0.2, 0.25) is 5.88 Å². The van der Waals surface area contributed by atoms with Crippen LogP contribution in [0.5, 0.6) is 5.88 Å². The average Bonchev–Trinajstić information content (AvgIpc) is 2.33. The summed E-state index contributed by atoms with van der Waals surface area (Å²) in [7, 11) is 1.57. The fraction of sp³-hybridized carbons (Fsp3) is 0.100. The van der Waals surface area contributed by atoms with Crippen LogP contribution in [0, 0.1) is 3.57 Å². The van der Waals surface area contributed by atoms with E-state index in [1.165, 1.54) is 0 Å². The molecular formula is C10H7ClIN3O. The van der Waals surface area contributed by atoms with Gasteiger partial charge in [0, 0.05) is 24.0 Å². The van der Waals surface area contributed by atoms with Gasteiger partial charge in [0.1, 0.15) is 5.15 Å². The maximum Gasteiger partial charge on any atom is 0.212 e. The van der Waals surface area contributed by atoms with Crippen LogP contribution < -0.4 is 4.74 Å². The van der Waals surface area contributed by atoms with Crippen LogP contribution in [0.25, 0.3) is 11.4 Å². The Bertz CT molecular complexity index is 504. The summed E-state index contributed by atoms with van der Waals surface area (Å²) in [4.78, 5) is 12.4. The molecule has 16 heavy (non-hydrogen) atoms. The van der Waals surface area contributed by atoms with Crippen LogP contribution in [-0.2, 0) is 0 Å². The molecule has 2 aromatic heterocycles. The summed E-state index contributed by atoms with van der Waals surface area (Å²) < 4.78 is 5.79. The van der Waals surface area contributed by atoms with E-state index in [1.54, 1.807) is 25.6 Å². The SMILES string of the molecule is COc1ccc(-c2ncc(I)c(Cl)n2)cn1. The third kappa shape index (κ3) is 2.41. The monoisotopic (exact) mass is 347 g/mol. The predicted molar refractivity (Wildman–Crippen MR) is 69.5 cm³/mol. The van der Waals surface area contributed by atoms with Crippen LogP contribution in [0.2, 0.25) is 5.15 Å². The first-order valence-corrected chi connectivity index (χ1v) is 5.85. The minimum Gasteiger partial charge on any atom is -0.481 e. The van der Waals surface area contributed by atoms with E-state index in [1.807, 2.05) is 6.07 Å². The molecule has 0 atom stereocenters.